The van der Waals surface area contributed by atoms with Gasteiger partial charge >= 0.3 is 0 Å². The van der Waals surface area contributed by atoms with Crippen molar-refractivity contribution in [3.8, 4) is 0 Å². The molecule has 1 unspecified atom stereocenters. The van der Waals surface area contributed by atoms with Gasteiger partial charge in [0.25, 0.3) is 0 Å². The lowest BCUT2D eigenvalue weighted by Crippen LogP contribution is -2.23. The van der Waals surface area contributed by atoms with Gasteiger partial charge in [0, 0.05) is 13.2 Å². The van der Waals surface area contributed by atoms with E-state index in [1.165, 1.54) is 12.8 Å². The molecule has 1 heterocycles. The van der Waals surface area contributed by atoms with Gasteiger partial charge in [-0.25, -0.2) is 0 Å². The summed E-state index contributed by atoms with van der Waals surface area (Å²) in [5.41, 5.74) is 0. The lowest BCUT2D eigenvalue weighted by atomic mass is 10.1. The molecule has 1 aliphatic rings. The van der Waals surface area contributed by atoms with Crippen molar-refractivity contribution in [2.24, 2.45) is 5.92 Å². The van der Waals surface area contributed by atoms with Crippen LogP contribution < -0.4 is 0 Å². The Morgan fingerprint density at radius 1 is 1.58 bits per heavy atom. The highest BCUT2D eigenvalue weighted by molar-refractivity contribution is 4.56. The minimum atomic E-state index is 0.0671. The Morgan fingerprint density at radius 2 is 2.42 bits per heavy atom. The fraction of sp³-hybridized carbons (Fsp3) is 0.900. The topological polar surface area (TPSA) is 18.5 Å². The summed E-state index contributed by atoms with van der Waals surface area (Å²) in [6.07, 6.45) is 4.58. The smallest absolute Gasteiger partial charge is 0.157 e. The second kappa shape index (κ2) is 5.55. The summed E-state index contributed by atoms with van der Waals surface area (Å²) >= 11 is 0. The van der Waals surface area contributed by atoms with Crippen LogP contribution in [0.1, 0.15) is 32.6 Å². The predicted molar refractivity (Wildman–Crippen MR) is 48.7 cm³/mol. The Morgan fingerprint density at radius 3 is 3.00 bits per heavy atom. The molecule has 1 fully saturated rings. The summed E-state index contributed by atoms with van der Waals surface area (Å²) in [7, 11) is 0. The number of hydrogen-bond acceptors (Lipinski definition) is 2. The van der Waals surface area contributed by atoms with Crippen molar-refractivity contribution in [3.05, 3.63) is 6.92 Å². The summed E-state index contributed by atoms with van der Waals surface area (Å²) in [6, 6.07) is 0. The second-order valence-corrected chi connectivity index (χ2v) is 3.56. The van der Waals surface area contributed by atoms with Crippen molar-refractivity contribution in [2.45, 2.75) is 38.9 Å². The average molecular weight is 171 g/mol. The van der Waals surface area contributed by atoms with Gasteiger partial charge in [0.05, 0.1) is 0 Å². The van der Waals surface area contributed by atoms with Gasteiger partial charge < -0.3 is 9.47 Å². The van der Waals surface area contributed by atoms with Gasteiger partial charge in [-0.3, -0.25) is 0 Å². The Kier molecular flexibility index (Phi) is 4.62. The molecule has 71 valence electrons. The molecule has 0 saturated carbocycles. The van der Waals surface area contributed by atoms with E-state index in [1.807, 2.05) is 0 Å². The third kappa shape index (κ3) is 4.07. The zero-order chi connectivity index (χ0) is 8.81. The standard InChI is InChI=1S/C10H19O2/c1-9(2)6-8-12-10-5-3-4-7-11-10/h9-10H,1,3-8H2,2H3/t9-,10?/m1/s1. The van der Waals surface area contributed by atoms with E-state index in [9.17, 15) is 0 Å². The minimum Gasteiger partial charge on any atom is -0.353 e. The van der Waals surface area contributed by atoms with Crippen LogP contribution in [0.3, 0.4) is 0 Å². The summed E-state index contributed by atoms with van der Waals surface area (Å²) in [6.45, 7) is 7.66. The molecular formula is C10H19O2. The minimum absolute atomic E-state index is 0.0671. The Balaban J connectivity index is 1.98. The highest BCUT2D eigenvalue weighted by atomic mass is 16.7. The molecule has 1 saturated heterocycles. The van der Waals surface area contributed by atoms with E-state index < -0.39 is 0 Å². The van der Waals surface area contributed by atoms with Crippen molar-refractivity contribution >= 4 is 0 Å². The molecule has 1 radical (unpaired) electrons. The fourth-order valence-electron chi connectivity index (χ4n) is 1.24. The van der Waals surface area contributed by atoms with Crippen LogP contribution >= 0.6 is 0 Å². The first-order valence-electron chi connectivity index (χ1n) is 4.85. The molecule has 2 atom stereocenters. The number of rotatable bonds is 4. The zero-order valence-electron chi connectivity index (χ0n) is 7.92. The van der Waals surface area contributed by atoms with Crippen LogP contribution in [0.25, 0.3) is 0 Å². The maximum atomic E-state index is 5.53. The average Bonchev–Trinajstić information content (AvgIpc) is 2.05. The van der Waals surface area contributed by atoms with Gasteiger partial charge in [-0.05, 0) is 31.6 Å². The van der Waals surface area contributed by atoms with Gasteiger partial charge in [-0.1, -0.05) is 13.8 Å². The predicted octanol–water partition coefficient (Wildman–Crippen LogP) is 2.39. The quantitative estimate of drug-likeness (QED) is 0.646. The van der Waals surface area contributed by atoms with Crippen LogP contribution in [-0.2, 0) is 9.47 Å². The SMILES string of the molecule is [CH2][C@H](C)CCOC1CCCCO1. The van der Waals surface area contributed by atoms with Gasteiger partial charge in [-0.15, -0.1) is 0 Å². The summed E-state index contributed by atoms with van der Waals surface area (Å²) < 4.78 is 10.9. The molecule has 1 aliphatic heterocycles. The molecule has 2 heteroatoms. The van der Waals surface area contributed by atoms with Crippen molar-refractivity contribution < 1.29 is 9.47 Å². The molecule has 2 nitrogen and oxygen atoms in total. The molecule has 0 aromatic carbocycles. The van der Waals surface area contributed by atoms with Crippen LogP contribution in [0.5, 0.6) is 0 Å². The van der Waals surface area contributed by atoms with Crippen LogP contribution in [0, 0.1) is 12.8 Å². The molecule has 1 rings (SSSR count). The summed E-state index contributed by atoms with van der Waals surface area (Å²) in [5, 5.41) is 0. The number of ether oxygens (including phenoxy) is 2. The Hall–Kier alpha value is -0.0800. The van der Waals surface area contributed by atoms with Gasteiger partial charge in [0.2, 0.25) is 0 Å². The first-order valence-corrected chi connectivity index (χ1v) is 4.85. The monoisotopic (exact) mass is 171 g/mol. The van der Waals surface area contributed by atoms with Crippen LogP contribution in [-0.4, -0.2) is 19.5 Å². The first kappa shape index (κ1) is 10.0. The van der Waals surface area contributed by atoms with Crippen molar-refractivity contribution in [2.75, 3.05) is 13.2 Å². The molecule has 0 bridgehead atoms. The molecule has 0 aromatic heterocycles. The normalized spacial score (nSPS) is 24.8. The van der Waals surface area contributed by atoms with Crippen LogP contribution in [0.4, 0.5) is 0 Å². The van der Waals surface area contributed by atoms with Crippen molar-refractivity contribution in [1.29, 1.82) is 0 Å². The molecule has 0 amide bonds. The molecule has 12 heavy (non-hydrogen) atoms. The van der Waals surface area contributed by atoms with E-state index in [-0.39, 0.29) is 6.29 Å². The lowest BCUT2D eigenvalue weighted by molar-refractivity contribution is -0.163. The largest absolute Gasteiger partial charge is 0.353 e. The van der Waals surface area contributed by atoms with E-state index in [0.717, 1.165) is 26.1 Å². The molecule has 0 N–H and O–H groups in total. The molecule has 0 spiro atoms. The molecule has 0 aliphatic carbocycles. The van der Waals surface area contributed by atoms with Gasteiger partial charge in [0.1, 0.15) is 0 Å². The summed E-state index contributed by atoms with van der Waals surface area (Å²) in [5.74, 6) is 0.480. The highest BCUT2D eigenvalue weighted by Crippen LogP contribution is 2.14. The van der Waals surface area contributed by atoms with E-state index >= 15 is 0 Å². The molecule has 0 aromatic rings. The lowest BCUT2D eigenvalue weighted by Gasteiger charge is -2.22. The zero-order valence-corrected chi connectivity index (χ0v) is 7.92. The highest BCUT2D eigenvalue weighted by Gasteiger charge is 2.13. The Labute approximate surface area is 75.2 Å². The van der Waals surface area contributed by atoms with E-state index in [2.05, 4.69) is 13.8 Å². The van der Waals surface area contributed by atoms with Crippen LogP contribution in [0.15, 0.2) is 0 Å². The van der Waals surface area contributed by atoms with E-state index in [4.69, 9.17) is 9.47 Å². The van der Waals surface area contributed by atoms with E-state index in [0.29, 0.717) is 5.92 Å². The number of hydrogen-bond donors (Lipinski definition) is 0. The summed E-state index contributed by atoms with van der Waals surface area (Å²) in [4.78, 5) is 0. The fourth-order valence-corrected chi connectivity index (χ4v) is 1.24. The molecular weight excluding hydrogens is 152 g/mol. The van der Waals surface area contributed by atoms with Crippen molar-refractivity contribution in [1.82, 2.24) is 0 Å². The van der Waals surface area contributed by atoms with Crippen molar-refractivity contribution in [3.63, 3.8) is 0 Å². The maximum Gasteiger partial charge on any atom is 0.157 e. The first-order chi connectivity index (χ1) is 5.79. The van der Waals surface area contributed by atoms with Crippen LogP contribution in [0.2, 0.25) is 0 Å². The second-order valence-electron chi connectivity index (χ2n) is 3.56. The van der Waals surface area contributed by atoms with E-state index in [1.54, 1.807) is 0 Å². The van der Waals surface area contributed by atoms with Gasteiger partial charge in [0.15, 0.2) is 6.29 Å². The third-order valence-corrected chi connectivity index (χ3v) is 2.05. The van der Waals surface area contributed by atoms with Gasteiger partial charge in [-0.2, -0.15) is 0 Å². The maximum absolute atomic E-state index is 5.53. The third-order valence-electron chi connectivity index (χ3n) is 2.05. The Bertz CT molecular complexity index is 106.